The van der Waals surface area contributed by atoms with E-state index in [9.17, 15) is 4.79 Å². The molecule has 0 spiro atoms. The average molecular weight is 208 g/mol. The minimum atomic E-state index is -0.0801. The van der Waals surface area contributed by atoms with E-state index in [2.05, 4.69) is 39.8 Å². The Labute approximate surface area is 93.9 Å². The molecule has 0 saturated heterocycles. The molecule has 1 nitrogen and oxygen atoms in total. The molecule has 0 N–H and O–H groups in total. The summed E-state index contributed by atoms with van der Waals surface area (Å²) in [5.74, 6) is 0.472. The summed E-state index contributed by atoms with van der Waals surface area (Å²) in [6.07, 6.45) is 9.69. The zero-order valence-electron chi connectivity index (χ0n) is 10.6. The summed E-state index contributed by atoms with van der Waals surface area (Å²) in [5, 5.41) is 0. The molecule has 1 atom stereocenters. The van der Waals surface area contributed by atoms with Crippen molar-refractivity contribution in [3.63, 3.8) is 0 Å². The van der Waals surface area contributed by atoms with Gasteiger partial charge >= 0.3 is 0 Å². The van der Waals surface area contributed by atoms with Gasteiger partial charge in [0.15, 0.2) is 0 Å². The van der Waals surface area contributed by atoms with Crippen LogP contribution in [0.25, 0.3) is 0 Å². The van der Waals surface area contributed by atoms with E-state index >= 15 is 0 Å². The lowest BCUT2D eigenvalue weighted by molar-refractivity contribution is -0.132. The van der Waals surface area contributed by atoms with Crippen LogP contribution in [0.2, 0.25) is 0 Å². The van der Waals surface area contributed by atoms with Crippen LogP contribution in [0.1, 0.15) is 59.8 Å². The van der Waals surface area contributed by atoms with Crippen molar-refractivity contribution in [2.75, 3.05) is 0 Å². The Morgan fingerprint density at radius 1 is 1.20 bits per heavy atom. The number of carbonyl (C=O) groups excluding carboxylic acids is 1. The molecule has 86 valence electrons. The van der Waals surface area contributed by atoms with Crippen LogP contribution in [-0.2, 0) is 4.79 Å². The fourth-order valence-corrected chi connectivity index (χ4v) is 2.56. The van der Waals surface area contributed by atoms with Gasteiger partial charge in [-0.1, -0.05) is 39.8 Å². The minimum absolute atomic E-state index is 0.0540. The van der Waals surface area contributed by atoms with E-state index in [1.54, 1.807) is 0 Å². The number of Topliss-reactive ketones (excluding diaryl/α,β-unsaturated/α-hetero) is 1. The lowest BCUT2D eigenvalue weighted by atomic mass is 9.78. The molecule has 1 heteroatoms. The highest BCUT2D eigenvalue weighted by Gasteiger charge is 2.47. The van der Waals surface area contributed by atoms with Gasteiger partial charge in [0.05, 0.1) is 0 Å². The molecule has 0 aromatic rings. The second-order valence-corrected chi connectivity index (χ2v) is 5.69. The topological polar surface area (TPSA) is 17.1 Å². The molecular weight excluding hydrogens is 184 g/mol. The van der Waals surface area contributed by atoms with Gasteiger partial charge in [-0.2, -0.15) is 0 Å². The van der Waals surface area contributed by atoms with Crippen molar-refractivity contribution in [3.05, 3.63) is 12.2 Å². The summed E-state index contributed by atoms with van der Waals surface area (Å²) in [4.78, 5) is 12.2. The molecule has 1 fully saturated rings. The molecule has 0 aliphatic heterocycles. The van der Waals surface area contributed by atoms with Crippen LogP contribution in [-0.4, -0.2) is 5.78 Å². The van der Waals surface area contributed by atoms with Gasteiger partial charge < -0.3 is 0 Å². The highest BCUT2D eigenvalue weighted by atomic mass is 16.1. The summed E-state index contributed by atoms with van der Waals surface area (Å²) >= 11 is 0. The lowest BCUT2D eigenvalue weighted by Crippen LogP contribution is -2.29. The van der Waals surface area contributed by atoms with Crippen molar-refractivity contribution < 1.29 is 4.79 Å². The van der Waals surface area contributed by atoms with E-state index in [0.29, 0.717) is 5.78 Å². The van der Waals surface area contributed by atoms with E-state index in [0.717, 1.165) is 32.1 Å². The van der Waals surface area contributed by atoms with Crippen molar-refractivity contribution in [2.24, 2.45) is 10.8 Å². The van der Waals surface area contributed by atoms with Gasteiger partial charge in [-0.05, 0) is 32.1 Å². The van der Waals surface area contributed by atoms with Gasteiger partial charge in [-0.25, -0.2) is 0 Å². The summed E-state index contributed by atoms with van der Waals surface area (Å²) < 4.78 is 0. The van der Waals surface area contributed by atoms with Crippen LogP contribution in [0.4, 0.5) is 0 Å². The molecule has 0 aromatic carbocycles. The highest BCUT2D eigenvalue weighted by molar-refractivity contribution is 5.91. The normalized spacial score (nSPS) is 30.3. The monoisotopic (exact) mass is 208 g/mol. The third-order valence-electron chi connectivity index (χ3n) is 3.73. The van der Waals surface area contributed by atoms with Gasteiger partial charge in [0, 0.05) is 10.8 Å². The maximum Gasteiger partial charge on any atom is 0.144 e. The number of allylic oxidation sites excluding steroid dienone is 2. The number of hydrogen-bond donors (Lipinski definition) is 0. The maximum atomic E-state index is 12.2. The standard InChI is InChI=1S/C14H24O/c1-5-6-7-8-9-14(4)11-10-13(2,3)12(14)15/h6-7H,5,8-11H2,1-4H3/b7-6-/t14-/m0/s1. The average Bonchev–Trinajstić information content (AvgIpc) is 2.39. The largest absolute Gasteiger partial charge is 0.298 e. The smallest absolute Gasteiger partial charge is 0.144 e. The molecule has 1 aliphatic rings. The van der Waals surface area contributed by atoms with Gasteiger partial charge in [-0.3, -0.25) is 4.79 Å². The molecular formula is C14H24O. The summed E-state index contributed by atoms with van der Waals surface area (Å²) in [5.41, 5.74) is -0.134. The van der Waals surface area contributed by atoms with Gasteiger partial charge in [0.25, 0.3) is 0 Å². The van der Waals surface area contributed by atoms with Crippen LogP contribution < -0.4 is 0 Å². The third-order valence-corrected chi connectivity index (χ3v) is 3.73. The number of carbonyl (C=O) groups is 1. The Morgan fingerprint density at radius 2 is 1.87 bits per heavy atom. The van der Waals surface area contributed by atoms with Gasteiger partial charge in [-0.15, -0.1) is 0 Å². The molecule has 0 unspecified atom stereocenters. The van der Waals surface area contributed by atoms with Crippen LogP contribution in [0.5, 0.6) is 0 Å². The molecule has 15 heavy (non-hydrogen) atoms. The molecule has 1 aliphatic carbocycles. The first-order valence-corrected chi connectivity index (χ1v) is 6.12. The highest BCUT2D eigenvalue weighted by Crippen LogP contribution is 2.47. The predicted molar refractivity (Wildman–Crippen MR) is 64.8 cm³/mol. The Bertz CT molecular complexity index is 263. The van der Waals surface area contributed by atoms with Crippen molar-refractivity contribution in [1.29, 1.82) is 0 Å². The quantitative estimate of drug-likeness (QED) is 0.635. The molecule has 0 radical (unpaired) electrons. The summed E-state index contributed by atoms with van der Waals surface area (Å²) in [6, 6.07) is 0. The summed E-state index contributed by atoms with van der Waals surface area (Å²) in [6.45, 7) is 8.46. The molecule has 1 rings (SSSR count). The zero-order valence-corrected chi connectivity index (χ0v) is 10.6. The number of ketones is 1. The fourth-order valence-electron chi connectivity index (χ4n) is 2.56. The second kappa shape index (κ2) is 4.51. The van der Waals surface area contributed by atoms with Gasteiger partial charge in [0.2, 0.25) is 0 Å². The molecule has 1 saturated carbocycles. The number of hydrogen-bond acceptors (Lipinski definition) is 1. The SMILES string of the molecule is CC/C=C\CC[C@@]1(C)CCC(C)(C)C1=O. The van der Waals surface area contributed by atoms with Crippen molar-refractivity contribution >= 4 is 5.78 Å². The first-order chi connectivity index (χ1) is 6.92. The number of rotatable bonds is 4. The second-order valence-electron chi connectivity index (χ2n) is 5.69. The maximum absolute atomic E-state index is 12.2. The Kier molecular flexibility index (Phi) is 3.75. The zero-order chi connectivity index (χ0) is 11.5. The van der Waals surface area contributed by atoms with Crippen LogP contribution in [0.3, 0.4) is 0 Å². The molecule has 0 bridgehead atoms. The van der Waals surface area contributed by atoms with Crippen molar-refractivity contribution in [2.45, 2.75) is 59.8 Å². The minimum Gasteiger partial charge on any atom is -0.298 e. The van der Waals surface area contributed by atoms with Crippen LogP contribution in [0.15, 0.2) is 12.2 Å². The molecule has 0 amide bonds. The first kappa shape index (κ1) is 12.5. The van der Waals surface area contributed by atoms with E-state index in [-0.39, 0.29) is 10.8 Å². The first-order valence-electron chi connectivity index (χ1n) is 6.12. The lowest BCUT2D eigenvalue weighted by Gasteiger charge is -2.24. The fraction of sp³-hybridized carbons (Fsp3) is 0.786. The van der Waals surface area contributed by atoms with Crippen molar-refractivity contribution in [1.82, 2.24) is 0 Å². The van der Waals surface area contributed by atoms with Gasteiger partial charge in [0.1, 0.15) is 5.78 Å². The van der Waals surface area contributed by atoms with E-state index in [1.807, 2.05) is 0 Å². The van der Waals surface area contributed by atoms with E-state index in [4.69, 9.17) is 0 Å². The predicted octanol–water partition coefficient (Wildman–Crippen LogP) is 4.13. The van der Waals surface area contributed by atoms with E-state index in [1.165, 1.54) is 0 Å². The Hall–Kier alpha value is -0.590. The van der Waals surface area contributed by atoms with Crippen LogP contribution in [0, 0.1) is 10.8 Å². The Morgan fingerprint density at radius 3 is 2.33 bits per heavy atom. The van der Waals surface area contributed by atoms with Crippen LogP contribution >= 0.6 is 0 Å². The third kappa shape index (κ3) is 2.70. The van der Waals surface area contributed by atoms with E-state index < -0.39 is 0 Å². The van der Waals surface area contributed by atoms with Crippen molar-refractivity contribution in [3.8, 4) is 0 Å². The Balaban J connectivity index is 2.54. The summed E-state index contributed by atoms with van der Waals surface area (Å²) in [7, 11) is 0. The molecule has 0 heterocycles. The molecule has 0 aromatic heterocycles.